The molecule has 126 valence electrons. The number of ether oxygens (including phenoxy) is 3. The molecule has 2 N–H and O–H groups in total. The maximum Gasteiger partial charge on any atom is 0.164 e. The monoisotopic (exact) mass is 330 g/mol. The maximum atomic E-state index is 5.81. The topological polar surface area (TPSA) is 57.0 Å². The molecule has 2 rings (SSSR count). The van der Waals surface area contributed by atoms with E-state index in [2.05, 4.69) is 4.90 Å². The first-order valence-electron chi connectivity index (χ1n) is 7.43. The second kappa shape index (κ2) is 9.08. The van der Waals surface area contributed by atoms with Crippen molar-refractivity contribution >= 4 is 12.4 Å². The van der Waals surface area contributed by atoms with Crippen LogP contribution in [0.4, 0.5) is 0 Å². The van der Waals surface area contributed by atoms with Crippen molar-refractivity contribution in [2.75, 3.05) is 41.0 Å². The molecule has 0 aliphatic carbocycles. The molecule has 0 spiro atoms. The van der Waals surface area contributed by atoms with Gasteiger partial charge >= 0.3 is 0 Å². The lowest BCUT2D eigenvalue weighted by Crippen LogP contribution is -2.37. The van der Waals surface area contributed by atoms with Gasteiger partial charge in [0.15, 0.2) is 11.5 Å². The summed E-state index contributed by atoms with van der Waals surface area (Å²) in [5.41, 5.74) is 6.93. The molecule has 0 radical (unpaired) electrons. The van der Waals surface area contributed by atoms with Gasteiger partial charge in [-0.25, -0.2) is 0 Å². The first kappa shape index (κ1) is 18.9. The van der Waals surface area contributed by atoms with Crippen LogP contribution in [0.2, 0.25) is 0 Å². The minimum absolute atomic E-state index is 0. The van der Waals surface area contributed by atoms with Crippen molar-refractivity contribution in [2.24, 2.45) is 11.7 Å². The smallest absolute Gasteiger partial charge is 0.164 e. The van der Waals surface area contributed by atoms with Gasteiger partial charge in [0.25, 0.3) is 0 Å². The molecule has 1 aromatic rings. The highest BCUT2D eigenvalue weighted by Crippen LogP contribution is 2.35. The lowest BCUT2D eigenvalue weighted by atomic mass is 9.98. The van der Waals surface area contributed by atoms with Crippen molar-refractivity contribution in [3.8, 4) is 17.2 Å². The molecule has 0 saturated carbocycles. The predicted octanol–water partition coefficient (Wildman–Crippen LogP) is 2.30. The van der Waals surface area contributed by atoms with Gasteiger partial charge in [-0.2, -0.15) is 0 Å². The number of benzene rings is 1. The Balaban J connectivity index is 0.00000242. The van der Waals surface area contributed by atoms with E-state index in [1.807, 2.05) is 12.1 Å². The van der Waals surface area contributed by atoms with E-state index in [4.69, 9.17) is 19.9 Å². The molecule has 1 fully saturated rings. The number of piperidine rings is 1. The van der Waals surface area contributed by atoms with Crippen molar-refractivity contribution in [2.45, 2.75) is 19.4 Å². The first-order chi connectivity index (χ1) is 10.2. The van der Waals surface area contributed by atoms with E-state index in [-0.39, 0.29) is 12.4 Å². The first-order valence-corrected chi connectivity index (χ1v) is 7.43. The Bertz CT molecular complexity index is 471. The Hall–Kier alpha value is -1.17. The molecule has 1 aliphatic heterocycles. The number of nitrogens with zero attached hydrogens (tertiary/aromatic N) is 1. The van der Waals surface area contributed by atoms with Crippen LogP contribution < -0.4 is 19.9 Å². The zero-order valence-electron chi connectivity index (χ0n) is 13.6. The van der Waals surface area contributed by atoms with Crippen molar-refractivity contribution < 1.29 is 14.2 Å². The highest BCUT2D eigenvalue weighted by molar-refractivity contribution is 5.85. The number of hydrogen-bond acceptors (Lipinski definition) is 5. The van der Waals surface area contributed by atoms with Crippen molar-refractivity contribution in [3.05, 3.63) is 17.7 Å². The fourth-order valence-corrected chi connectivity index (χ4v) is 2.94. The summed E-state index contributed by atoms with van der Waals surface area (Å²) in [6.07, 6.45) is 2.44. The minimum Gasteiger partial charge on any atom is -0.496 e. The fraction of sp³-hybridized carbons (Fsp3) is 0.625. The third-order valence-electron chi connectivity index (χ3n) is 4.12. The molecule has 1 aliphatic rings. The van der Waals surface area contributed by atoms with E-state index in [1.165, 1.54) is 12.8 Å². The predicted molar refractivity (Wildman–Crippen MR) is 90.4 cm³/mol. The summed E-state index contributed by atoms with van der Waals surface area (Å²) in [6, 6.07) is 3.89. The van der Waals surface area contributed by atoms with Crippen LogP contribution in [0.3, 0.4) is 0 Å². The molecular formula is C16H27ClN2O3. The van der Waals surface area contributed by atoms with Gasteiger partial charge in [0.2, 0.25) is 0 Å². The van der Waals surface area contributed by atoms with Crippen LogP contribution in [-0.2, 0) is 6.54 Å². The van der Waals surface area contributed by atoms with E-state index in [0.717, 1.165) is 43.2 Å². The number of halogens is 1. The normalized spacial score (nSPS) is 18.5. The molecule has 1 unspecified atom stereocenters. The van der Waals surface area contributed by atoms with Gasteiger partial charge in [-0.3, -0.25) is 4.90 Å². The third-order valence-corrected chi connectivity index (χ3v) is 4.12. The highest BCUT2D eigenvalue weighted by atomic mass is 35.5. The molecule has 1 saturated heterocycles. The summed E-state index contributed by atoms with van der Waals surface area (Å²) >= 11 is 0. The van der Waals surface area contributed by atoms with E-state index in [9.17, 15) is 0 Å². The number of likely N-dealkylation sites (tertiary alicyclic amines) is 1. The van der Waals surface area contributed by atoms with Crippen LogP contribution in [0.25, 0.3) is 0 Å². The molecule has 22 heavy (non-hydrogen) atoms. The van der Waals surface area contributed by atoms with Crippen molar-refractivity contribution in [1.82, 2.24) is 4.90 Å². The van der Waals surface area contributed by atoms with Crippen LogP contribution in [0.5, 0.6) is 17.2 Å². The van der Waals surface area contributed by atoms with Gasteiger partial charge in [-0.1, -0.05) is 0 Å². The molecule has 5 nitrogen and oxygen atoms in total. The summed E-state index contributed by atoms with van der Waals surface area (Å²) in [7, 11) is 4.97. The number of nitrogens with two attached hydrogens (primary N) is 1. The molecule has 6 heteroatoms. The molecule has 1 aromatic carbocycles. The van der Waals surface area contributed by atoms with Gasteiger partial charge in [0.05, 0.1) is 21.3 Å². The SMILES string of the molecule is COc1cc(OC)c(OC)cc1CN1CCCC(CN)C1.Cl. The maximum absolute atomic E-state index is 5.81. The van der Waals surface area contributed by atoms with Crippen molar-refractivity contribution in [1.29, 1.82) is 0 Å². The number of hydrogen-bond donors (Lipinski definition) is 1. The second-order valence-corrected chi connectivity index (χ2v) is 5.50. The molecular weight excluding hydrogens is 304 g/mol. The molecule has 1 heterocycles. The van der Waals surface area contributed by atoms with Crippen LogP contribution in [0.15, 0.2) is 12.1 Å². The Morgan fingerprint density at radius 3 is 2.32 bits per heavy atom. The Morgan fingerprint density at radius 2 is 1.73 bits per heavy atom. The highest BCUT2D eigenvalue weighted by Gasteiger charge is 2.21. The molecule has 1 atom stereocenters. The fourth-order valence-electron chi connectivity index (χ4n) is 2.94. The third kappa shape index (κ3) is 4.41. The van der Waals surface area contributed by atoms with Gasteiger partial charge in [-0.05, 0) is 37.9 Å². The van der Waals surface area contributed by atoms with Gasteiger partial charge < -0.3 is 19.9 Å². The van der Waals surface area contributed by atoms with Gasteiger partial charge in [-0.15, -0.1) is 12.4 Å². The summed E-state index contributed by atoms with van der Waals surface area (Å²) < 4.78 is 16.2. The van der Waals surface area contributed by atoms with Gasteiger partial charge in [0, 0.05) is 24.7 Å². The second-order valence-electron chi connectivity index (χ2n) is 5.50. The van der Waals surface area contributed by atoms with Crippen molar-refractivity contribution in [3.63, 3.8) is 0 Å². The van der Waals surface area contributed by atoms with Crippen LogP contribution >= 0.6 is 12.4 Å². The zero-order chi connectivity index (χ0) is 15.2. The minimum atomic E-state index is 0. The van der Waals surface area contributed by atoms with Crippen LogP contribution in [0, 0.1) is 5.92 Å². The Morgan fingerprint density at radius 1 is 1.09 bits per heavy atom. The number of rotatable bonds is 6. The summed E-state index contributed by atoms with van der Waals surface area (Å²) in [5, 5.41) is 0. The summed E-state index contributed by atoms with van der Waals surface area (Å²) in [6.45, 7) is 3.77. The standard InChI is InChI=1S/C16H26N2O3.ClH/c1-19-14-8-16(21-3)15(20-2)7-13(14)11-18-6-4-5-12(9-17)10-18;/h7-8,12H,4-6,9-11,17H2,1-3H3;1H. The largest absolute Gasteiger partial charge is 0.496 e. The number of methoxy groups -OCH3 is 3. The lowest BCUT2D eigenvalue weighted by Gasteiger charge is -2.32. The van der Waals surface area contributed by atoms with Gasteiger partial charge in [0.1, 0.15) is 5.75 Å². The average molecular weight is 331 g/mol. The zero-order valence-corrected chi connectivity index (χ0v) is 14.4. The quantitative estimate of drug-likeness (QED) is 0.867. The van der Waals surface area contributed by atoms with Crippen LogP contribution in [0.1, 0.15) is 18.4 Å². The summed E-state index contributed by atoms with van der Waals surface area (Å²) in [4.78, 5) is 2.44. The summed E-state index contributed by atoms with van der Waals surface area (Å²) in [5.74, 6) is 2.87. The van der Waals surface area contributed by atoms with E-state index >= 15 is 0 Å². The lowest BCUT2D eigenvalue weighted by molar-refractivity contribution is 0.169. The Kier molecular flexibility index (Phi) is 7.79. The van der Waals surface area contributed by atoms with E-state index in [1.54, 1.807) is 21.3 Å². The molecule has 0 amide bonds. The Labute approximate surface area is 139 Å². The molecule has 0 bridgehead atoms. The van der Waals surface area contributed by atoms with E-state index in [0.29, 0.717) is 11.7 Å². The van der Waals surface area contributed by atoms with Crippen LogP contribution in [-0.4, -0.2) is 45.9 Å². The molecule has 0 aromatic heterocycles. The average Bonchev–Trinajstić information content (AvgIpc) is 2.54. The van der Waals surface area contributed by atoms with E-state index < -0.39 is 0 Å².